The van der Waals surface area contributed by atoms with E-state index in [0.717, 1.165) is 11.8 Å². The third-order valence-corrected chi connectivity index (χ3v) is 3.26. The van der Waals surface area contributed by atoms with Crippen LogP contribution in [0.2, 0.25) is 0 Å². The fourth-order valence-corrected chi connectivity index (χ4v) is 2.52. The van der Waals surface area contributed by atoms with Gasteiger partial charge in [0.05, 0.1) is 0 Å². The van der Waals surface area contributed by atoms with Crippen LogP contribution in [0.5, 0.6) is 0 Å². The highest BCUT2D eigenvalue weighted by atomic mass is 14.4. The van der Waals surface area contributed by atoms with E-state index in [0.29, 0.717) is 0 Å². The molecule has 0 aromatic rings. The lowest BCUT2D eigenvalue weighted by Crippen LogP contribution is -2.14. The summed E-state index contributed by atoms with van der Waals surface area (Å²) < 4.78 is 0. The van der Waals surface area contributed by atoms with Crippen LogP contribution in [0.3, 0.4) is 0 Å². The summed E-state index contributed by atoms with van der Waals surface area (Å²) >= 11 is 0. The Morgan fingerprint density at radius 1 is 1.22 bits per heavy atom. The van der Waals surface area contributed by atoms with E-state index >= 15 is 0 Å². The van der Waals surface area contributed by atoms with E-state index in [1.165, 1.54) is 32.1 Å². The molecule has 0 spiro atoms. The Labute approximate surface area is 57.6 Å². The molecule has 1 radical (unpaired) electrons. The molecule has 0 aliphatic heterocycles. The van der Waals surface area contributed by atoms with Gasteiger partial charge in [0.15, 0.2) is 0 Å². The van der Waals surface area contributed by atoms with Crippen molar-refractivity contribution in [2.24, 2.45) is 11.8 Å². The Morgan fingerprint density at radius 2 is 2.11 bits per heavy atom. The van der Waals surface area contributed by atoms with Crippen molar-refractivity contribution in [3.05, 3.63) is 5.92 Å². The van der Waals surface area contributed by atoms with Gasteiger partial charge < -0.3 is 0 Å². The maximum Gasteiger partial charge on any atom is -0.0210 e. The molecular formula is C9H15. The third kappa shape index (κ3) is 0.798. The molecule has 9 heavy (non-hydrogen) atoms. The van der Waals surface area contributed by atoms with E-state index in [1.807, 2.05) is 5.92 Å². The molecule has 0 aromatic carbocycles. The molecular weight excluding hydrogens is 108 g/mol. The molecule has 0 amide bonds. The standard InChI is InChI=1S/C9H15/c1-7-8-3-2-4-9(7)6-5-8/h7-8H,2-6H2,1H3. The Morgan fingerprint density at radius 3 is 2.78 bits per heavy atom. The van der Waals surface area contributed by atoms with Gasteiger partial charge in [0.25, 0.3) is 0 Å². The van der Waals surface area contributed by atoms with Crippen LogP contribution in [0.15, 0.2) is 0 Å². The molecule has 0 aromatic heterocycles. The predicted molar refractivity (Wildman–Crippen MR) is 39.0 cm³/mol. The van der Waals surface area contributed by atoms with Crippen LogP contribution in [0.25, 0.3) is 0 Å². The first-order chi connectivity index (χ1) is 4.38. The second kappa shape index (κ2) is 2.00. The van der Waals surface area contributed by atoms with Crippen molar-refractivity contribution in [2.45, 2.75) is 39.0 Å². The van der Waals surface area contributed by atoms with Crippen LogP contribution in [-0.4, -0.2) is 0 Å². The molecule has 2 unspecified atom stereocenters. The number of hydrogen-bond acceptors (Lipinski definition) is 0. The summed E-state index contributed by atoms with van der Waals surface area (Å²) in [7, 11) is 0. The molecule has 2 saturated carbocycles. The predicted octanol–water partition coefficient (Wildman–Crippen LogP) is 2.79. The van der Waals surface area contributed by atoms with Gasteiger partial charge in [-0.3, -0.25) is 0 Å². The lowest BCUT2D eigenvalue weighted by atomic mass is 9.80. The molecule has 2 atom stereocenters. The first-order valence-electron chi connectivity index (χ1n) is 4.22. The van der Waals surface area contributed by atoms with Crippen molar-refractivity contribution in [3.8, 4) is 0 Å². The largest absolute Gasteiger partial charge is 0.0617 e. The Bertz CT molecular complexity index is 90.6. The topological polar surface area (TPSA) is 0 Å². The third-order valence-electron chi connectivity index (χ3n) is 3.26. The van der Waals surface area contributed by atoms with E-state index in [1.54, 1.807) is 0 Å². The van der Waals surface area contributed by atoms with Crippen LogP contribution in [-0.2, 0) is 0 Å². The quantitative estimate of drug-likeness (QED) is 0.464. The fourth-order valence-electron chi connectivity index (χ4n) is 2.52. The Hall–Kier alpha value is 0. The van der Waals surface area contributed by atoms with Crippen LogP contribution in [0, 0.1) is 17.8 Å². The molecule has 2 aliphatic carbocycles. The van der Waals surface area contributed by atoms with E-state index in [9.17, 15) is 0 Å². The molecule has 0 N–H and O–H groups in total. The zero-order chi connectivity index (χ0) is 6.27. The maximum atomic E-state index is 2.42. The number of fused-ring (bicyclic) bond motifs is 2. The maximum absolute atomic E-state index is 2.42. The fraction of sp³-hybridized carbons (Fsp3) is 0.889. The van der Waals surface area contributed by atoms with Crippen LogP contribution in [0.4, 0.5) is 0 Å². The lowest BCUT2D eigenvalue weighted by molar-refractivity contribution is 0.344. The second-order valence-corrected chi connectivity index (χ2v) is 3.64. The minimum Gasteiger partial charge on any atom is -0.0617 e. The van der Waals surface area contributed by atoms with E-state index in [-0.39, 0.29) is 0 Å². The second-order valence-electron chi connectivity index (χ2n) is 3.64. The van der Waals surface area contributed by atoms with Crippen molar-refractivity contribution >= 4 is 0 Å². The average Bonchev–Trinajstić information content (AvgIpc) is 2.19. The minimum atomic E-state index is 0.999. The van der Waals surface area contributed by atoms with Gasteiger partial charge in [-0.15, -0.1) is 0 Å². The summed E-state index contributed by atoms with van der Waals surface area (Å²) in [6.45, 7) is 2.42. The van der Waals surface area contributed by atoms with Gasteiger partial charge in [-0.05, 0) is 37.0 Å². The molecule has 2 fully saturated rings. The minimum absolute atomic E-state index is 0.999. The molecule has 2 aliphatic rings. The van der Waals surface area contributed by atoms with Crippen molar-refractivity contribution in [2.75, 3.05) is 0 Å². The van der Waals surface area contributed by atoms with Gasteiger partial charge in [-0.1, -0.05) is 19.8 Å². The average molecular weight is 123 g/mol. The molecule has 2 bridgehead atoms. The van der Waals surface area contributed by atoms with Gasteiger partial charge >= 0.3 is 0 Å². The Kier molecular flexibility index (Phi) is 1.28. The summed E-state index contributed by atoms with van der Waals surface area (Å²) in [6, 6.07) is 0. The van der Waals surface area contributed by atoms with Gasteiger partial charge in [0.1, 0.15) is 0 Å². The molecule has 0 heterocycles. The molecule has 0 saturated heterocycles. The summed E-state index contributed by atoms with van der Waals surface area (Å²) in [5.74, 6) is 3.97. The monoisotopic (exact) mass is 123 g/mol. The highest BCUT2D eigenvalue weighted by molar-refractivity contribution is 5.06. The summed E-state index contributed by atoms with van der Waals surface area (Å²) in [6.07, 6.45) is 7.44. The van der Waals surface area contributed by atoms with Gasteiger partial charge in [-0.25, -0.2) is 0 Å². The smallest absolute Gasteiger partial charge is 0.0210 e. The highest BCUT2D eigenvalue weighted by Gasteiger charge is 2.35. The van der Waals surface area contributed by atoms with Crippen LogP contribution >= 0.6 is 0 Å². The number of hydrogen-bond donors (Lipinski definition) is 0. The molecule has 2 rings (SSSR count). The first kappa shape index (κ1) is 5.76. The molecule has 0 heteroatoms. The van der Waals surface area contributed by atoms with E-state index in [4.69, 9.17) is 0 Å². The highest BCUT2D eigenvalue weighted by Crippen LogP contribution is 2.47. The van der Waals surface area contributed by atoms with Crippen molar-refractivity contribution in [1.29, 1.82) is 0 Å². The zero-order valence-corrected chi connectivity index (χ0v) is 6.19. The lowest BCUT2D eigenvalue weighted by Gasteiger charge is -2.25. The zero-order valence-electron chi connectivity index (χ0n) is 6.19. The molecule has 0 nitrogen and oxygen atoms in total. The van der Waals surface area contributed by atoms with Gasteiger partial charge in [0.2, 0.25) is 0 Å². The van der Waals surface area contributed by atoms with Crippen LogP contribution in [0.1, 0.15) is 39.0 Å². The van der Waals surface area contributed by atoms with E-state index < -0.39 is 0 Å². The normalized spacial score (nSPS) is 43.7. The SMILES string of the molecule is CC1[C]2CCCC1CC2. The molecule has 51 valence electrons. The van der Waals surface area contributed by atoms with Crippen molar-refractivity contribution in [3.63, 3.8) is 0 Å². The number of rotatable bonds is 0. The van der Waals surface area contributed by atoms with Gasteiger partial charge in [0, 0.05) is 0 Å². The first-order valence-corrected chi connectivity index (χ1v) is 4.22. The van der Waals surface area contributed by atoms with Crippen molar-refractivity contribution in [1.82, 2.24) is 0 Å². The van der Waals surface area contributed by atoms with Crippen LogP contribution < -0.4 is 0 Å². The summed E-state index contributed by atoms with van der Waals surface area (Å²) in [5, 5.41) is 0. The van der Waals surface area contributed by atoms with Gasteiger partial charge in [-0.2, -0.15) is 0 Å². The van der Waals surface area contributed by atoms with E-state index in [2.05, 4.69) is 6.92 Å². The van der Waals surface area contributed by atoms with Crippen molar-refractivity contribution < 1.29 is 0 Å². The summed E-state index contributed by atoms with van der Waals surface area (Å²) in [5.41, 5.74) is 0. The summed E-state index contributed by atoms with van der Waals surface area (Å²) in [4.78, 5) is 0. The Balaban J connectivity index is 2.10.